The number of likely N-dealkylation sites (N-methyl/N-ethyl adjacent to an activating group) is 2. The Morgan fingerprint density at radius 3 is 3.11 bits per heavy atom. The molecule has 19 heavy (non-hydrogen) atoms. The van der Waals surface area contributed by atoms with Crippen LogP contribution in [0.5, 0.6) is 0 Å². The van der Waals surface area contributed by atoms with E-state index in [0.29, 0.717) is 0 Å². The lowest BCUT2D eigenvalue weighted by atomic mass is 10.2. The molecule has 0 spiro atoms. The van der Waals surface area contributed by atoms with E-state index in [-0.39, 0.29) is 0 Å². The molecule has 1 saturated heterocycles. The van der Waals surface area contributed by atoms with Gasteiger partial charge in [-0.1, -0.05) is 6.92 Å². The monoisotopic (exact) mass is 262 g/mol. The Kier molecular flexibility index (Phi) is 5.16. The number of nitrogens with one attached hydrogen (secondary N) is 1. The van der Waals surface area contributed by atoms with Gasteiger partial charge in [0.05, 0.1) is 0 Å². The minimum atomic E-state index is 0.737. The van der Waals surface area contributed by atoms with Gasteiger partial charge in [-0.15, -0.1) is 0 Å². The molecule has 1 unspecified atom stereocenters. The van der Waals surface area contributed by atoms with Crippen LogP contribution in [0.1, 0.15) is 25.3 Å². The highest BCUT2D eigenvalue weighted by atomic mass is 15.2. The van der Waals surface area contributed by atoms with Crippen LogP contribution in [0.25, 0.3) is 0 Å². The van der Waals surface area contributed by atoms with Gasteiger partial charge in [-0.05, 0) is 50.7 Å². The number of hydrogen-bond acceptors (Lipinski definition) is 4. The molecule has 1 atom stereocenters. The smallest absolute Gasteiger partial charge is 0.125 e. The average molecular weight is 262 g/mol. The summed E-state index contributed by atoms with van der Waals surface area (Å²) in [5.41, 5.74) is 1.32. The molecule has 1 aromatic heterocycles. The Morgan fingerprint density at radius 1 is 1.53 bits per heavy atom. The fourth-order valence-corrected chi connectivity index (χ4v) is 2.96. The van der Waals surface area contributed by atoms with E-state index in [1.54, 1.807) is 0 Å². The van der Waals surface area contributed by atoms with Crippen LogP contribution >= 0.6 is 0 Å². The highest BCUT2D eigenvalue weighted by Gasteiger charge is 2.23. The Bertz CT molecular complexity index is 393. The van der Waals surface area contributed by atoms with Crippen molar-refractivity contribution in [2.75, 3.05) is 39.0 Å². The maximum Gasteiger partial charge on any atom is 0.125 e. The first kappa shape index (κ1) is 14.3. The third-order valence-electron chi connectivity index (χ3n) is 3.96. The van der Waals surface area contributed by atoms with Gasteiger partial charge in [-0.25, -0.2) is 4.98 Å². The molecule has 1 N–H and O–H groups in total. The van der Waals surface area contributed by atoms with E-state index in [0.717, 1.165) is 24.9 Å². The maximum atomic E-state index is 4.26. The number of nitrogens with zero attached hydrogens (tertiary/aromatic N) is 3. The first-order valence-corrected chi connectivity index (χ1v) is 7.28. The van der Waals surface area contributed by atoms with E-state index in [9.17, 15) is 0 Å². The largest absolute Gasteiger partial charge is 0.373 e. The molecule has 1 fully saturated rings. The fraction of sp³-hybridized carbons (Fsp3) is 0.667. The van der Waals surface area contributed by atoms with Gasteiger partial charge in [0.15, 0.2) is 0 Å². The van der Waals surface area contributed by atoms with Crippen LogP contribution in [0, 0.1) is 0 Å². The minimum absolute atomic E-state index is 0.737. The van der Waals surface area contributed by atoms with Crippen LogP contribution in [0.2, 0.25) is 0 Å². The third kappa shape index (κ3) is 3.91. The average Bonchev–Trinajstić information content (AvgIpc) is 2.86. The molecule has 2 rings (SSSR count). The summed E-state index contributed by atoms with van der Waals surface area (Å²) < 4.78 is 0. The van der Waals surface area contributed by atoms with Crippen LogP contribution in [-0.2, 0) is 6.54 Å². The molecule has 4 heteroatoms. The van der Waals surface area contributed by atoms with Crippen molar-refractivity contribution in [1.82, 2.24) is 14.8 Å². The van der Waals surface area contributed by atoms with Gasteiger partial charge < -0.3 is 10.2 Å². The highest BCUT2D eigenvalue weighted by molar-refractivity contribution is 5.36. The standard InChI is InChI=1S/C15H26N4/c1-4-19-9-5-6-14(19)12-18(3)11-13-7-8-17-15(10-13)16-2/h7-8,10,14H,4-6,9,11-12H2,1-3H3,(H,16,17). The summed E-state index contributed by atoms with van der Waals surface area (Å²) in [5.74, 6) is 0.946. The molecule has 1 aliphatic rings. The van der Waals surface area contributed by atoms with Gasteiger partial charge in [0.2, 0.25) is 0 Å². The van der Waals surface area contributed by atoms with E-state index < -0.39 is 0 Å². The van der Waals surface area contributed by atoms with Gasteiger partial charge in [-0.3, -0.25) is 4.90 Å². The van der Waals surface area contributed by atoms with Crippen LogP contribution in [-0.4, -0.2) is 54.6 Å². The second-order valence-electron chi connectivity index (χ2n) is 5.42. The van der Waals surface area contributed by atoms with Gasteiger partial charge in [0.1, 0.15) is 5.82 Å². The molecule has 4 nitrogen and oxygen atoms in total. The number of pyridine rings is 1. The number of rotatable bonds is 6. The van der Waals surface area contributed by atoms with Crippen LogP contribution in [0.15, 0.2) is 18.3 Å². The van der Waals surface area contributed by atoms with Crippen molar-refractivity contribution in [1.29, 1.82) is 0 Å². The molecule has 0 saturated carbocycles. The van der Waals surface area contributed by atoms with Gasteiger partial charge >= 0.3 is 0 Å². The number of anilines is 1. The van der Waals surface area contributed by atoms with Crippen molar-refractivity contribution in [2.45, 2.75) is 32.4 Å². The van der Waals surface area contributed by atoms with Crippen molar-refractivity contribution in [3.63, 3.8) is 0 Å². The minimum Gasteiger partial charge on any atom is -0.373 e. The lowest BCUT2D eigenvalue weighted by Crippen LogP contribution is -2.38. The molecule has 1 aliphatic heterocycles. The molecular formula is C15H26N4. The van der Waals surface area contributed by atoms with E-state index in [1.165, 1.54) is 31.5 Å². The normalized spacial score (nSPS) is 20.1. The van der Waals surface area contributed by atoms with Crippen LogP contribution in [0.4, 0.5) is 5.82 Å². The van der Waals surface area contributed by atoms with Crippen molar-refractivity contribution in [3.8, 4) is 0 Å². The predicted molar refractivity (Wildman–Crippen MR) is 80.4 cm³/mol. The van der Waals surface area contributed by atoms with Crippen LogP contribution in [0.3, 0.4) is 0 Å². The summed E-state index contributed by atoms with van der Waals surface area (Å²) in [6.07, 6.45) is 4.57. The molecule has 0 amide bonds. The van der Waals surface area contributed by atoms with Gasteiger partial charge in [-0.2, -0.15) is 0 Å². The maximum absolute atomic E-state index is 4.26. The summed E-state index contributed by atoms with van der Waals surface area (Å²) in [5, 5.41) is 3.09. The van der Waals surface area contributed by atoms with E-state index >= 15 is 0 Å². The zero-order valence-corrected chi connectivity index (χ0v) is 12.4. The zero-order chi connectivity index (χ0) is 13.7. The van der Waals surface area contributed by atoms with Gasteiger partial charge in [0.25, 0.3) is 0 Å². The first-order valence-electron chi connectivity index (χ1n) is 7.28. The first-order chi connectivity index (χ1) is 9.22. The second kappa shape index (κ2) is 6.87. The summed E-state index contributed by atoms with van der Waals surface area (Å²) in [4.78, 5) is 9.28. The van der Waals surface area contributed by atoms with Crippen LogP contribution < -0.4 is 5.32 Å². The molecule has 0 aromatic carbocycles. The Morgan fingerprint density at radius 2 is 2.37 bits per heavy atom. The zero-order valence-electron chi connectivity index (χ0n) is 12.4. The summed E-state index contributed by atoms with van der Waals surface area (Å²) in [6.45, 7) is 6.86. The molecule has 106 valence electrons. The van der Waals surface area contributed by atoms with Gasteiger partial charge in [0, 0.05) is 32.4 Å². The topological polar surface area (TPSA) is 31.4 Å². The Hall–Kier alpha value is -1.13. The van der Waals surface area contributed by atoms with E-state index in [4.69, 9.17) is 0 Å². The third-order valence-corrected chi connectivity index (χ3v) is 3.96. The lowest BCUT2D eigenvalue weighted by molar-refractivity contribution is 0.195. The van der Waals surface area contributed by atoms with Crippen molar-refractivity contribution in [3.05, 3.63) is 23.9 Å². The summed E-state index contributed by atoms with van der Waals surface area (Å²) in [6, 6.07) is 4.97. The molecule has 0 radical (unpaired) electrons. The molecule has 2 heterocycles. The van der Waals surface area contributed by atoms with Crippen molar-refractivity contribution in [2.24, 2.45) is 0 Å². The highest BCUT2D eigenvalue weighted by Crippen LogP contribution is 2.18. The predicted octanol–water partition coefficient (Wildman–Crippen LogP) is 2.04. The second-order valence-corrected chi connectivity index (χ2v) is 5.42. The Balaban J connectivity index is 1.88. The Labute approximate surface area is 116 Å². The number of hydrogen-bond donors (Lipinski definition) is 1. The fourth-order valence-electron chi connectivity index (χ4n) is 2.96. The molecule has 0 aliphatic carbocycles. The van der Waals surface area contributed by atoms with Crippen molar-refractivity contribution < 1.29 is 0 Å². The summed E-state index contributed by atoms with van der Waals surface area (Å²) in [7, 11) is 4.12. The summed E-state index contributed by atoms with van der Waals surface area (Å²) >= 11 is 0. The quantitative estimate of drug-likeness (QED) is 0.850. The number of likely N-dealkylation sites (tertiary alicyclic amines) is 1. The number of aromatic nitrogens is 1. The van der Waals surface area contributed by atoms with Crippen molar-refractivity contribution >= 4 is 5.82 Å². The van der Waals surface area contributed by atoms with E-state index in [2.05, 4.69) is 46.2 Å². The molecule has 0 bridgehead atoms. The SMILES string of the molecule is CCN1CCCC1CN(C)Cc1ccnc(NC)c1. The molecule has 1 aromatic rings. The lowest BCUT2D eigenvalue weighted by Gasteiger charge is -2.27. The molecular weight excluding hydrogens is 236 g/mol. The van der Waals surface area contributed by atoms with E-state index in [1.807, 2.05) is 13.2 Å².